The zero-order valence-electron chi connectivity index (χ0n) is 8.01. The minimum absolute atomic E-state index is 0.385. The van der Waals surface area contributed by atoms with Gasteiger partial charge in [0.2, 0.25) is 0 Å². The van der Waals surface area contributed by atoms with Crippen LogP contribution in [-0.4, -0.2) is 13.2 Å². The third kappa shape index (κ3) is 2.73. The van der Waals surface area contributed by atoms with E-state index in [0.29, 0.717) is 6.54 Å². The van der Waals surface area contributed by atoms with Crippen molar-refractivity contribution in [1.29, 1.82) is 0 Å². The third-order valence-electron chi connectivity index (χ3n) is 1.81. The van der Waals surface area contributed by atoms with E-state index in [-0.39, 0.29) is 6.09 Å². The van der Waals surface area contributed by atoms with Crippen LogP contribution in [0.5, 0.6) is 0 Å². The number of ether oxygens (including phenoxy) is 1. The molecule has 4 heteroatoms. The van der Waals surface area contributed by atoms with Gasteiger partial charge in [-0.1, -0.05) is 0 Å². The third-order valence-corrected chi connectivity index (χ3v) is 2.96. The number of carbonyl (C=O) groups excluding carboxylic acids is 1. The van der Waals surface area contributed by atoms with Gasteiger partial charge in [-0.3, -0.25) is 0 Å². The van der Waals surface area contributed by atoms with Crippen LogP contribution >= 0.6 is 11.3 Å². The topological polar surface area (TPSA) is 38.3 Å². The van der Waals surface area contributed by atoms with Crippen LogP contribution in [0.1, 0.15) is 15.3 Å². The van der Waals surface area contributed by atoms with E-state index in [9.17, 15) is 4.79 Å². The van der Waals surface area contributed by atoms with Gasteiger partial charge in [-0.25, -0.2) is 4.79 Å². The second-order valence-electron chi connectivity index (χ2n) is 2.80. The van der Waals surface area contributed by atoms with Crippen LogP contribution in [0.15, 0.2) is 6.07 Å². The smallest absolute Gasteiger partial charge is 0.407 e. The molecule has 1 aromatic heterocycles. The molecule has 0 atom stereocenters. The van der Waals surface area contributed by atoms with Crippen LogP contribution in [0.4, 0.5) is 4.79 Å². The summed E-state index contributed by atoms with van der Waals surface area (Å²) < 4.78 is 4.46. The van der Waals surface area contributed by atoms with Crippen LogP contribution in [0.2, 0.25) is 0 Å². The number of hydrogen-bond donors (Lipinski definition) is 1. The van der Waals surface area contributed by atoms with E-state index in [2.05, 4.69) is 30.0 Å². The predicted molar refractivity (Wildman–Crippen MR) is 53.0 cm³/mol. The lowest BCUT2D eigenvalue weighted by Crippen LogP contribution is -2.21. The Balaban J connectivity index is 2.50. The van der Waals surface area contributed by atoms with Crippen molar-refractivity contribution >= 4 is 17.4 Å². The highest BCUT2D eigenvalue weighted by Crippen LogP contribution is 2.20. The lowest BCUT2D eigenvalue weighted by Gasteiger charge is -1.99. The fraction of sp³-hybridized carbons (Fsp3) is 0.444. The highest BCUT2D eigenvalue weighted by atomic mass is 32.1. The van der Waals surface area contributed by atoms with Gasteiger partial charge in [-0.05, 0) is 25.5 Å². The number of aryl methyl sites for hydroxylation is 2. The van der Waals surface area contributed by atoms with Gasteiger partial charge in [0.15, 0.2) is 0 Å². The Kier molecular flexibility index (Phi) is 3.31. The summed E-state index contributed by atoms with van der Waals surface area (Å²) in [5, 5.41) is 2.64. The summed E-state index contributed by atoms with van der Waals surface area (Å²) in [6.45, 7) is 4.68. The highest BCUT2D eigenvalue weighted by molar-refractivity contribution is 7.12. The van der Waals surface area contributed by atoms with Crippen LogP contribution in [-0.2, 0) is 11.3 Å². The number of rotatable bonds is 2. The van der Waals surface area contributed by atoms with Crippen LogP contribution in [0, 0.1) is 13.8 Å². The van der Waals surface area contributed by atoms with Gasteiger partial charge < -0.3 is 10.1 Å². The summed E-state index contributed by atoms with van der Waals surface area (Å²) >= 11 is 1.70. The monoisotopic (exact) mass is 199 g/mol. The molecule has 1 rings (SSSR count). The van der Waals surface area contributed by atoms with Gasteiger partial charge in [0.05, 0.1) is 13.7 Å². The molecule has 0 spiro atoms. The molecule has 3 nitrogen and oxygen atoms in total. The average Bonchev–Trinajstić information content (AvgIpc) is 2.42. The largest absolute Gasteiger partial charge is 0.453 e. The van der Waals surface area contributed by atoms with Crippen LogP contribution in [0.3, 0.4) is 0 Å². The molecule has 0 aliphatic heterocycles. The number of thiophene rings is 1. The molecule has 0 unspecified atom stereocenters. The number of alkyl carbamates (subject to hydrolysis) is 1. The first kappa shape index (κ1) is 10.1. The number of carbonyl (C=O) groups is 1. The number of amides is 1. The zero-order valence-corrected chi connectivity index (χ0v) is 8.83. The molecule has 0 aromatic carbocycles. The van der Waals surface area contributed by atoms with Crippen molar-refractivity contribution in [3.8, 4) is 0 Å². The highest BCUT2D eigenvalue weighted by Gasteiger charge is 2.03. The summed E-state index contributed by atoms with van der Waals surface area (Å²) in [6, 6.07) is 2.08. The van der Waals surface area contributed by atoms with Gasteiger partial charge in [0.1, 0.15) is 0 Å². The summed E-state index contributed by atoms with van der Waals surface area (Å²) in [5.41, 5.74) is 1.27. The standard InChI is InChI=1S/C9H13NO2S/c1-6-4-8(13-7(6)2)5-10-9(11)12-3/h4H,5H2,1-3H3,(H,10,11). The molecule has 72 valence electrons. The molecule has 0 aliphatic carbocycles. The molecule has 0 saturated carbocycles. The molecule has 0 radical (unpaired) electrons. The normalized spacial score (nSPS) is 9.77. The summed E-state index contributed by atoms with van der Waals surface area (Å²) in [4.78, 5) is 13.2. The maximum Gasteiger partial charge on any atom is 0.407 e. The molecule has 0 aliphatic rings. The zero-order chi connectivity index (χ0) is 9.84. The van der Waals surface area contributed by atoms with E-state index in [1.807, 2.05) is 0 Å². The van der Waals surface area contributed by atoms with E-state index in [4.69, 9.17) is 0 Å². The minimum Gasteiger partial charge on any atom is -0.453 e. The number of hydrogen-bond acceptors (Lipinski definition) is 3. The van der Waals surface area contributed by atoms with Crippen molar-refractivity contribution in [2.24, 2.45) is 0 Å². The predicted octanol–water partition coefficient (Wildman–Crippen LogP) is 2.22. The molecular weight excluding hydrogens is 186 g/mol. The maximum atomic E-state index is 10.7. The van der Waals surface area contributed by atoms with Gasteiger partial charge in [-0.15, -0.1) is 11.3 Å². The Morgan fingerprint density at radius 3 is 2.77 bits per heavy atom. The van der Waals surface area contributed by atoms with E-state index in [0.717, 1.165) is 4.88 Å². The SMILES string of the molecule is COC(=O)NCc1cc(C)c(C)s1. The Labute approximate surface area is 81.7 Å². The second-order valence-corrected chi connectivity index (χ2v) is 4.14. The fourth-order valence-electron chi connectivity index (χ4n) is 0.968. The molecule has 1 heterocycles. The van der Waals surface area contributed by atoms with E-state index in [1.54, 1.807) is 11.3 Å². The number of methoxy groups -OCH3 is 1. The van der Waals surface area contributed by atoms with Crippen LogP contribution in [0.25, 0.3) is 0 Å². The summed E-state index contributed by atoms with van der Waals surface area (Å²) in [6.07, 6.45) is -0.385. The molecule has 1 amide bonds. The summed E-state index contributed by atoms with van der Waals surface area (Å²) in [5.74, 6) is 0. The molecular formula is C9H13NO2S. The first-order chi connectivity index (χ1) is 6.13. The first-order valence-electron chi connectivity index (χ1n) is 4.01. The molecule has 1 N–H and O–H groups in total. The lowest BCUT2D eigenvalue weighted by molar-refractivity contribution is 0.170. The summed E-state index contributed by atoms with van der Waals surface area (Å²) in [7, 11) is 1.36. The van der Waals surface area contributed by atoms with Gasteiger partial charge >= 0.3 is 6.09 Å². The van der Waals surface area contributed by atoms with Gasteiger partial charge in [0, 0.05) is 9.75 Å². The molecule has 13 heavy (non-hydrogen) atoms. The van der Waals surface area contributed by atoms with Gasteiger partial charge in [-0.2, -0.15) is 0 Å². The molecule has 0 fully saturated rings. The van der Waals surface area contributed by atoms with Crippen molar-refractivity contribution in [2.75, 3.05) is 7.11 Å². The minimum atomic E-state index is -0.385. The molecule has 0 saturated heterocycles. The first-order valence-corrected chi connectivity index (χ1v) is 4.83. The number of nitrogens with one attached hydrogen (secondary N) is 1. The van der Waals surface area contributed by atoms with E-state index >= 15 is 0 Å². The van der Waals surface area contributed by atoms with E-state index < -0.39 is 0 Å². The Bertz CT molecular complexity index is 287. The van der Waals surface area contributed by atoms with Gasteiger partial charge in [0.25, 0.3) is 0 Å². The van der Waals surface area contributed by atoms with Crippen molar-refractivity contribution in [3.05, 3.63) is 21.4 Å². The van der Waals surface area contributed by atoms with Crippen molar-refractivity contribution in [2.45, 2.75) is 20.4 Å². The Morgan fingerprint density at radius 2 is 2.31 bits per heavy atom. The quantitative estimate of drug-likeness (QED) is 0.793. The average molecular weight is 199 g/mol. The van der Waals surface area contributed by atoms with Crippen molar-refractivity contribution < 1.29 is 9.53 Å². The van der Waals surface area contributed by atoms with Crippen molar-refractivity contribution in [3.63, 3.8) is 0 Å². The molecule has 0 bridgehead atoms. The Morgan fingerprint density at radius 1 is 1.62 bits per heavy atom. The maximum absolute atomic E-state index is 10.7. The van der Waals surface area contributed by atoms with Crippen molar-refractivity contribution in [1.82, 2.24) is 5.32 Å². The fourth-order valence-corrected chi connectivity index (χ4v) is 1.96. The van der Waals surface area contributed by atoms with E-state index in [1.165, 1.54) is 17.6 Å². The lowest BCUT2D eigenvalue weighted by atomic mass is 10.3. The van der Waals surface area contributed by atoms with Crippen LogP contribution < -0.4 is 5.32 Å². The Hall–Kier alpha value is -1.03. The second kappa shape index (κ2) is 4.28. The molecule has 1 aromatic rings.